The van der Waals surface area contributed by atoms with E-state index in [1.165, 1.54) is 11.8 Å². The van der Waals surface area contributed by atoms with Crippen molar-refractivity contribution in [2.45, 2.75) is 19.9 Å². The lowest BCUT2D eigenvalue weighted by Gasteiger charge is -2.38. The molecule has 1 fully saturated rings. The van der Waals surface area contributed by atoms with E-state index in [9.17, 15) is 9.59 Å². The smallest absolute Gasteiger partial charge is 0.259 e. The van der Waals surface area contributed by atoms with Gasteiger partial charge < -0.3 is 9.88 Å². The molecular formula is C19H22ClN3O2. The summed E-state index contributed by atoms with van der Waals surface area (Å²) < 4.78 is 0. The molecule has 132 valence electrons. The van der Waals surface area contributed by atoms with Gasteiger partial charge in [-0.2, -0.15) is 0 Å². The van der Waals surface area contributed by atoms with Crippen LogP contribution in [0.5, 0.6) is 0 Å². The Hall–Kier alpha value is -2.11. The van der Waals surface area contributed by atoms with Gasteiger partial charge in [-0.1, -0.05) is 23.7 Å². The van der Waals surface area contributed by atoms with Crippen LogP contribution in [0.2, 0.25) is 5.02 Å². The molecule has 1 N–H and O–H groups in total. The number of H-pyrrole nitrogens is 1. The average molecular weight is 360 g/mol. The first-order chi connectivity index (χ1) is 12.0. The fourth-order valence-corrected chi connectivity index (χ4v) is 3.31. The van der Waals surface area contributed by atoms with Crippen molar-refractivity contribution < 1.29 is 4.79 Å². The molecule has 0 saturated carbocycles. The number of pyridine rings is 1. The third-order valence-corrected chi connectivity index (χ3v) is 5.11. The highest BCUT2D eigenvalue weighted by atomic mass is 35.5. The predicted octanol–water partition coefficient (Wildman–Crippen LogP) is 2.86. The molecule has 1 saturated heterocycles. The Bertz CT molecular complexity index is 808. The highest BCUT2D eigenvalue weighted by Crippen LogP contribution is 2.23. The first-order valence-corrected chi connectivity index (χ1v) is 8.81. The van der Waals surface area contributed by atoms with E-state index in [1.54, 1.807) is 18.0 Å². The number of nitrogens with one attached hydrogen (secondary N) is 1. The van der Waals surface area contributed by atoms with Gasteiger partial charge >= 0.3 is 0 Å². The van der Waals surface area contributed by atoms with Crippen LogP contribution in [-0.2, 0) is 0 Å². The summed E-state index contributed by atoms with van der Waals surface area (Å²) in [5.74, 6) is -0.191. The number of aryl methyl sites for hydroxylation is 1. The zero-order chi connectivity index (χ0) is 18.0. The van der Waals surface area contributed by atoms with Gasteiger partial charge in [0.25, 0.3) is 5.91 Å². The summed E-state index contributed by atoms with van der Waals surface area (Å²) in [5, 5.41) is 0.731. The molecule has 1 aromatic heterocycles. The Labute approximate surface area is 152 Å². The number of amides is 1. The highest BCUT2D eigenvalue weighted by Gasteiger charge is 2.26. The maximum Gasteiger partial charge on any atom is 0.259 e. The zero-order valence-corrected chi connectivity index (χ0v) is 15.2. The third-order valence-electron chi connectivity index (χ3n) is 4.86. The lowest BCUT2D eigenvalue weighted by molar-refractivity contribution is 0.0580. The van der Waals surface area contributed by atoms with Crippen molar-refractivity contribution in [3.8, 4) is 0 Å². The lowest BCUT2D eigenvalue weighted by Crippen LogP contribution is -2.50. The average Bonchev–Trinajstić information content (AvgIpc) is 2.64. The maximum absolute atomic E-state index is 12.6. The van der Waals surface area contributed by atoms with Crippen LogP contribution in [0.1, 0.15) is 34.5 Å². The van der Waals surface area contributed by atoms with E-state index in [-0.39, 0.29) is 22.9 Å². The lowest BCUT2D eigenvalue weighted by atomic mass is 10.1. The van der Waals surface area contributed by atoms with Crippen molar-refractivity contribution in [3.63, 3.8) is 0 Å². The number of hydrogen-bond acceptors (Lipinski definition) is 3. The second kappa shape index (κ2) is 7.42. The largest absolute Gasteiger partial charge is 0.366 e. The van der Waals surface area contributed by atoms with Crippen LogP contribution >= 0.6 is 11.6 Å². The normalized spacial score (nSPS) is 16.7. The number of hydrogen-bond donors (Lipinski definition) is 1. The van der Waals surface area contributed by atoms with E-state index in [0.717, 1.165) is 18.1 Å². The minimum absolute atomic E-state index is 0.191. The molecule has 5 nitrogen and oxygen atoms in total. The molecule has 25 heavy (non-hydrogen) atoms. The van der Waals surface area contributed by atoms with E-state index in [4.69, 9.17) is 11.6 Å². The molecule has 1 aliphatic heterocycles. The van der Waals surface area contributed by atoms with Gasteiger partial charge in [0.1, 0.15) is 5.56 Å². The minimum Gasteiger partial charge on any atom is -0.366 e. The van der Waals surface area contributed by atoms with Crippen molar-refractivity contribution >= 4 is 17.5 Å². The summed E-state index contributed by atoms with van der Waals surface area (Å²) in [5.41, 5.74) is 1.79. The van der Waals surface area contributed by atoms with Crippen LogP contribution in [0.3, 0.4) is 0 Å². The quantitative estimate of drug-likeness (QED) is 0.916. The van der Waals surface area contributed by atoms with Crippen LogP contribution in [0, 0.1) is 6.92 Å². The fraction of sp³-hybridized carbons (Fsp3) is 0.368. The third kappa shape index (κ3) is 3.78. The Morgan fingerprint density at radius 3 is 2.40 bits per heavy atom. The molecule has 1 atom stereocenters. The highest BCUT2D eigenvalue weighted by molar-refractivity contribution is 6.30. The Morgan fingerprint density at radius 1 is 1.12 bits per heavy atom. The van der Waals surface area contributed by atoms with Gasteiger partial charge in [-0.15, -0.1) is 0 Å². The number of carbonyl (C=O) groups excluding carboxylic acids is 1. The number of aromatic amines is 1. The molecule has 2 heterocycles. The second-order valence-corrected chi connectivity index (χ2v) is 6.87. The standard InChI is InChI=1S/C19H22ClN3O2/c1-13-11-21-12-17(18(13)24)19(25)23-9-7-22(8-10-23)14(2)15-3-5-16(20)6-4-15/h3-6,11-12,14H,7-10H2,1-2H3,(H,21,24). The number of benzene rings is 1. The van der Waals surface area contributed by atoms with Gasteiger partial charge in [-0.25, -0.2) is 0 Å². The van der Waals surface area contributed by atoms with E-state index < -0.39 is 0 Å². The number of nitrogens with zero attached hydrogens (tertiary/aromatic N) is 2. The molecule has 6 heteroatoms. The molecule has 2 aromatic rings. The fourth-order valence-electron chi connectivity index (χ4n) is 3.19. The van der Waals surface area contributed by atoms with E-state index in [2.05, 4.69) is 16.8 Å². The molecule has 0 bridgehead atoms. The summed E-state index contributed by atoms with van der Waals surface area (Å²) >= 11 is 5.95. The maximum atomic E-state index is 12.6. The molecule has 0 aliphatic carbocycles. The molecule has 1 aliphatic rings. The van der Waals surface area contributed by atoms with Gasteiger partial charge in [-0.05, 0) is 31.5 Å². The van der Waals surface area contributed by atoms with Crippen molar-refractivity contribution in [2.75, 3.05) is 26.2 Å². The number of aromatic nitrogens is 1. The van der Waals surface area contributed by atoms with Gasteiger partial charge in [0.15, 0.2) is 5.43 Å². The molecular weight excluding hydrogens is 338 g/mol. The summed E-state index contributed by atoms with van der Waals surface area (Å²) in [6.45, 7) is 6.65. The van der Waals surface area contributed by atoms with Gasteiger partial charge in [0, 0.05) is 55.2 Å². The molecule has 1 unspecified atom stereocenters. The number of rotatable bonds is 3. The van der Waals surface area contributed by atoms with E-state index in [1.807, 2.05) is 24.3 Å². The van der Waals surface area contributed by atoms with E-state index in [0.29, 0.717) is 18.7 Å². The van der Waals surface area contributed by atoms with E-state index >= 15 is 0 Å². The number of piperazine rings is 1. The van der Waals surface area contributed by atoms with Crippen molar-refractivity contribution in [1.29, 1.82) is 0 Å². The summed E-state index contributed by atoms with van der Waals surface area (Å²) in [6, 6.07) is 8.14. The van der Waals surface area contributed by atoms with Crippen LogP contribution in [0.25, 0.3) is 0 Å². The number of carbonyl (C=O) groups is 1. The first-order valence-electron chi connectivity index (χ1n) is 8.44. The molecule has 0 radical (unpaired) electrons. The van der Waals surface area contributed by atoms with Crippen LogP contribution in [-0.4, -0.2) is 46.9 Å². The van der Waals surface area contributed by atoms with Crippen molar-refractivity contribution in [3.05, 3.63) is 68.6 Å². The Kier molecular flexibility index (Phi) is 5.25. The predicted molar refractivity (Wildman–Crippen MR) is 99.1 cm³/mol. The van der Waals surface area contributed by atoms with Gasteiger partial charge in [-0.3, -0.25) is 14.5 Å². The molecule has 3 rings (SSSR count). The monoisotopic (exact) mass is 359 g/mol. The number of halogens is 1. The van der Waals surface area contributed by atoms with Gasteiger partial charge in [0.2, 0.25) is 0 Å². The SMILES string of the molecule is Cc1c[nH]cc(C(=O)N2CCN(C(C)c3ccc(Cl)cc3)CC2)c1=O. The minimum atomic E-state index is -0.194. The van der Waals surface area contributed by atoms with Crippen LogP contribution in [0.4, 0.5) is 0 Å². The van der Waals surface area contributed by atoms with Crippen LogP contribution in [0.15, 0.2) is 41.5 Å². The topological polar surface area (TPSA) is 56.4 Å². The molecule has 0 spiro atoms. The van der Waals surface area contributed by atoms with Crippen molar-refractivity contribution in [1.82, 2.24) is 14.8 Å². The molecule has 1 amide bonds. The Balaban J connectivity index is 1.65. The van der Waals surface area contributed by atoms with Crippen LogP contribution < -0.4 is 5.43 Å². The van der Waals surface area contributed by atoms with Gasteiger partial charge in [0.05, 0.1) is 0 Å². The second-order valence-electron chi connectivity index (χ2n) is 6.44. The molecule has 1 aromatic carbocycles. The first kappa shape index (κ1) is 17.7. The summed E-state index contributed by atoms with van der Waals surface area (Å²) in [7, 11) is 0. The summed E-state index contributed by atoms with van der Waals surface area (Å²) in [6.07, 6.45) is 3.12. The Morgan fingerprint density at radius 2 is 1.76 bits per heavy atom. The zero-order valence-electron chi connectivity index (χ0n) is 14.5. The van der Waals surface area contributed by atoms with Crippen molar-refractivity contribution in [2.24, 2.45) is 0 Å². The summed E-state index contributed by atoms with van der Waals surface area (Å²) in [4.78, 5) is 31.8.